The largest absolute Gasteiger partial charge is 0.441 e. The lowest BCUT2D eigenvalue weighted by atomic mass is 9.93. The van der Waals surface area contributed by atoms with Crippen molar-refractivity contribution in [2.24, 2.45) is 5.92 Å². The molecule has 3 rings (SSSR count). The van der Waals surface area contributed by atoms with Crippen LogP contribution in [0.25, 0.3) is 11.4 Å². The first-order valence-corrected chi connectivity index (χ1v) is 8.76. The number of hydrogen-bond donors (Lipinski definition) is 2. The maximum Gasteiger partial charge on any atom is 0.441 e. The molecular formula is C18H25N3O4. The van der Waals surface area contributed by atoms with Crippen LogP contribution in [0.4, 0.5) is 0 Å². The number of hydrogen-bond acceptors (Lipinski definition) is 6. The van der Waals surface area contributed by atoms with Crippen LogP contribution in [0.5, 0.6) is 0 Å². The third-order valence-electron chi connectivity index (χ3n) is 4.76. The van der Waals surface area contributed by atoms with Crippen molar-refractivity contribution >= 4 is 0 Å². The highest BCUT2D eigenvalue weighted by Crippen LogP contribution is 2.18. The second kappa shape index (κ2) is 8.42. The first-order valence-electron chi connectivity index (χ1n) is 8.76. The Balaban J connectivity index is 1.59. The van der Waals surface area contributed by atoms with Crippen LogP contribution < -0.4 is 11.1 Å². The van der Waals surface area contributed by atoms with E-state index in [1.165, 1.54) is 4.57 Å². The molecule has 0 bridgehead atoms. The van der Waals surface area contributed by atoms with E-state index >= 15 is 0 Å². The van der Waals surface area contributed by atoms with Gasteiger partial charge in [-0.05, 0) is 25.7 Å². The Morgan fingerprint density at radius 1 is 1.32 bits per heavy atom. The molecule has 2 unspecified atom stereocenters. The SMILES string of the molecule is CC(NCC(O)Cn1c(-c2ccccc2)noc1=O)C1CCOCC1. The Morgan fingerprint density at radius 2 is 2.04 bits per heavy atom. The zero-order valence-electron chi connectivity index (χ0n) is 14.4. The number of rotatable bonds is 7. The molecule has 2 heterocycles. The summed E-state index contributed by atoms with van der Waals surface area (Å²) in [5.41, 5.74) is 0.782. The average Bonchev–Trinajstić information content (AvgIpc) is 3.01. The highest BCUT2D eigenvalue weighted by molar-refractivity contribution is 5.54. The second-order valence-corrected chi connectivity index (χ2v) is 6.55. The van der Waals surface area contributed by atoms with Gasteiger partial charge in [0.1, 0.15) is 0 Å². The number of nitrogens with one attached hydrogen (secondary N) is 1. The predicted octanol–water partition coefficient (Wildman–Crippen LogP) is 1.27. The van der Waals surface area contributed by atoms with E-state index < -0.39 is 11.9 Å². The summed E-state index contributed by atoms with van der Waals surface area (Å²) in [5, 5.41) is 17.6. The molecule has 1 aliphatic heterocycles. The average molecular weight is 347 g/mol. The number of benzene rings is 1. The molecule has 0 radical (unpaired) electrons. The lowest BCUT2D eigenvalue weighted by Crippen LogP contribution is -2.42. The molecule has 1 saturated heterocycles. The highest BCUT2D eigenvalue weighted by atomic mass is 16.5. The first kappa shape index (κ1) is 17.8. The van der Waals surface area contributed by atoms with Gasteiger partial charge < -0.3 is 15.2 Å². The molecule has 136 valence electrons. The minimum atomic E-state index is -0.707. The monoisotopic (exact) mass is 347 g/mol. The van der Waals surface area contributed by atoms with Crippen molar-refractivity contribution in [2.75, 3.05) is 19.8 Å². The summed E-state index contributed by atoms with van der Waals surface area (Å²) in [6.07, 6.45) is 1.36. The molecule has 0 spiro atoms. The molecule has 2 aromatic rings. The van der Waals surface area contributed by atoms with Gasteiger partial charge in [-0.25, -0.2) is 4.79 Å². The minimum absolute atomic E-state index is 0.139. The van der Waals surface area contributed by atoms with Crippen LogP contribution in [0.2, 0.25) is 0 Å². The fourth-order valence-electron chi connectivity index (χ4n) is 3.20. The number of nitrogens with zero attached hydrogens (tertiary/aromatic N) is 2. The number of aliphatic hydroxyl groups is 1. The molecule has 7 heteroatoms. The Labute approximate surface area is 146 Å². The van der Waals surface area contributed by atoms with Gasteiger partial charge >= 0.3 is 5.76 Å². The van der Waals surface area contributed by atoms with Gasteiger partial charge in [0, 0.05) is 31.4 Å². The molecule has 2 atom stereocenters. The summed E-state index contributed by atoms with van der Waals surface area (Å²) in [7, 11) is 0. The zero-order valence-corrected chi connectivity index (χ0v) is 14.4. The third kappa shape index (κ3) is 4.56. The van der Waals surface area contributed by atoms with Crippen molar-refractivity contribution in [1.29, 1.82) is 0 Å². The summed E-state index contributed by atoms with van der Waals surface area (Å²) in [5.74, 6) is 0.427. The quantitative estimate of drug-likeness (QED) is 0.784. The molecule has 1 aliphatic rings. The fraction of sp³-hybridized carbons (Fsp3) is 0.556. The van der Waals surface area contributed by atoms with Crippen molar-refractivity contribution < 1.29 is 14.4 Å². The van der Waals surface area contributed by atoms with E-state index in [0.29, 0.717) is 24.3 Å². The van der Waals surface area contributed by atoms with Crippen LogP contribution in [0.1, 0.15) is 19.8 Å². The van der Waals surface area contributed by atoms with E-state index in [2.05, 4.69) is 17.4 Å². The molecule has 1 fully saturated rings. The fourth-order valence-corrected chi connectivity index (χ4v) is 3.20. The molecule has 0 saturated carbocycles. The standard InChI is InChI=1S/C18H25N3O4/c1-13(14-7-9-24-10-8-14)19-11-16(22)12-21-17(20-25-18(21)23)15-5-3-2-4-6-15/h2-6,13-14,16,19,22H,7-12H2,1H3. The van der Waals surface area contributed by atoms with Crippen LogP contribution in [-0.2, 0) is 11.3 Å². The minimum Gasteiger partial charge on any atom is -0.390 e. The van der Waals surface area contributed by atoms with Gasteiger partial charge in [-0.1, -0.05) is 35.5 Å². The Morgan fingerprint density at radius 3 is 2.76 bits per heavy atom. The van der Waals surface area contributed by atoms with Gasteiger partial charge in [0.2, 0.25) is 0 Å². The van der Waals surface area contributed by atoms with Crippen molar-refractivity contribution in [3.8, 4) is 11.4 Å². The summed E-state index contributed by atoms with van der Waals surface area (Å²) < 4.78 is 11.5. The summed E-state index contributed by atoms with van der Waals surface area (Å²) in [4.78, 5) is 11.9. The lowest BCUT2D eigenvalue weighted by Gasteiger charge is -2.29. The Kier molecular flexibility index (Phi) is 6.01. The van der Waals surface area contributed by atoms with Gasteiger partial charge in [-0.2, -0.15) is 0 Å². The van der Waals surface area contributed by atoms with E-state index in [1.54, 1.807) is 0 Å². The normalized spacial score (nSPS) is 18.2. The lowest BCUT2D eigenvalue weighted by molar-refractivity contribution is 0.0531. The van der Waals surface area contributed by atoms with E-state index in [-0.39, 0.29) is 6.54 Å². The van der Waals surface area contributed by atoms with Crippen molar-refractivity contribution in [1.82, 2.24) is 15.0 Å². The molecule has 0 amide bonds. The van der Waals surface area contributed by atoms with Crippen LogP contribution in [0.15, 0.2) is 39.6 Å². The number of ether oxygens (including phenoxy) is 1. The van der Waals surface area contributed by atoms with Gasteiger partial charge in [0.25, 0.3) is 0 Å². The predicted molar refractivity (Wildman–Crippen MR) is 93.2 cm³/mol. The smallest absolute Gasteiger partial charge is 0.390 e. The number of aromatic nitrogens is 2. The van der Waals surface area contributed by atoms with Gasteiger partial charge in [0.05, 0.1) is 12.6 Å². The van der Waals surface area contributed by atoms with Crippen molar-refractivity contribution in [3.63, 3.8) is 0 Å². The first-order chi connectivity index (χ1) is 12.1. The topological polar surface area (TPSA) is 89.5 Å². The third-order valence-corrected chi connectivity index (χ3v) is 4.76. The van der Waals surface area contributed by atoms with Crippen molar-refractivity contribution in [2.45, 2.75) is 38.5 Å². The number of aliphatic hydroxyl groups excluding tert-OH is 1. The van der Waals surface area contributed by atoms with E-state index in [1.807, 2.05) is 30.3 Å². The molecule has 0 aliphatic carbocycles. The van der Waals surface area contributed by atoms with Gasteiger partial charge in [-0.3, -0.25) is 9.09 Å². The van der Waals surface area contributed by atoms with Crippen LogP contribution in [0, 0.1) is 5.92 Å². The second-order valence-electron chi connectivity index (χ2n) is 6.55. The summed E-state index contributed by atoms with van der Waals surface area (Å²) in [6, 6.07) is 9.63. The van der Waals surface area contributed by atoms with Crippen LogP contribution in [-0.4, -0.2) is 46.7 Å². The van der Waals surface area contributed by atoms with E-state index in [0.717, 1.165) is 31.6 Å². The van der Waals surface area contributed by atoms with Crippen LogP contribution >= 0.6 is 0 Å². The Hall–Kier alpha value is -1.96. The van der Waals surface area contributed by atoms with E-state index in [4.69, 9.17) is 9.26 Å². The zero-order chi connectivity index (χ0) is 17.6. The molecule has 1 aromatic carbocycles. The van der Waals surface area contributed by atoms with E-state index in [9.17, 15) is 9.90 Å². The molecule has 7 nitrogen and oxygen atoms in total. The maximum atomic E-state index is 11.9. The van der Waals surface area contributed by atoms with Crippen molar-refractivity contribution in [3.05, 3.63) is 40.9 Å². The van der Waals surface area contributed by atoms with Gasteiger partial charge in [0.15, 0.2) is 5.82 Å². The molecular weight excluding hydrogens is 322 g/mol. The molecule has 1 aromatic heterocycles. The maximum absolute atomic E-state index is 11.9. The molecule has 25 heavy (non-hydrogen) atoms. The van der Waals surface area contributed by atoms with Gasteiger partial charge in [-0.15, -0.1) is 0 Å². The van der Waals surface area contributed by atoms with Crippen LogP contribution in [0.3, 0.4) is 0 Å². The Bertz CT molecular complexity index is 707. The highest BCUT2D eigenvalue weighted by Gasteiger charge is 2.21. The molecule has 2 N–H and O–H groups in total. The summed E-state index contributed by atoms with van der Waals surface area (Å²) in [6.45, 7) is 4.28. The summed E-state index contributed by atoms with van der Waals surface area (Å²) >= 11 is 0.